The molecule has 2 rings (SSSR count). The summed E-state index contributed by atoms with van der Waals surface area (Å²) < 4.78 is 0. The van der Waals surface area contributed by atoms with Gasteiger partial charge >= 0.3 is 5.97 Å². The van der Waals surface area contributed by atoms with Gasteiger partial charge in [-0.3, -0.25) is 4.98 Å². The van der Waals surface area contributed by atoms with Crippen LogP contribution in [0.3, 0.4) is 0 Å². The number of rotatable bonds is 2. The predicted octanol–water partition coefficient (Wildman–Crippen LogP) is 3.16. The molecule has 0 aromatic carbocycles. The van der Waals surface area contributed by atoms with Crippen molar-refractivity contribution in [2.75, 3.05) is 0 Å². The van der Waals surface area contributed by atoms with E-state index in [2.05, 4.69) is 4.98 Å². The van der Waals surface area contributed by atoms with Crippen LogP contribution < -0.4 is 0 Å². The van der Waals surface area contributed by atoms with Crippen molar-refractivity contribution in [2.24, 2.45) is 0 Å². The number of aromatic carboxylic acids is 1. The molecule has 1 N–H and O–H groups in total. The summed E-state index contributed by atoms with van der Waals surface area (Å²) in [6.45, 7) is 0. The van der Waals surface area contributed by atoms with Gasteiger partial charge < -0.3 is 5.11 Å². The Morgan fingerprint density at radius 1 is 1.53 bits per heavy atom. The third-order valence-electron chi connectivity index (χ3n) is 1.88. The quantitative estimate of drug-likeness (QED) is 0.876. The summed E-state index contributed by atoms with van der Waals surface area (Å²) in [6.07, 6.45) is 1.31. The number of carboxylic acids is 1. The number of nitrogens with zero attached hydrogens (tertiary/aromatic N) is 1. The summed E-state index contributed by atoms with van der Waals surface area (Å²) in [6, 6.07) is 3.29. The highest BCUT2D eigenvalue weighted by Gasteiger charge is 2.09. The van der Waals surface area contributed by atoms with Crippen LogP contribution in [0.15, 0.2) is 29.1 Å². The molecule has 2 heterocycles. The summed E-state index contributed by atoms with van der Waals surface area (Å²) in [5.41, 5.74) is 1.61. The third-order valence-corrected chi connectivity index (χ3v) is 2.85. The predicted molar refractivity (Wildman–Crippen MR) is 59.5 cm³/mol. The van der Waals surface area contributed by atoms with Crippen LogP contribution in [0.5, 0.6) is 0 Å². The maximum atomic E-state index is 10.7. The summed E-state index contributed by atoms with van der Waals surface area (Å²) in [7, 11) is 0. The summed E-state index contributed by atoms with van der Waals surface area (Å²) in [4.78, 5) is 14.7. The van der Waals surface area contributed by atoms with Crippen LogP contribution in [0.2, 0.25) is 5.02 Å². The average molecular weight is 240 g/mol. The molecule has 76 valence electrons. The molecular weight excluding hydrogens is 234 g/mol. The minimum absolute atomic E-state index is 0.0963. The lowest BCUT2D eigenvalue weighted by Crippen LogP contribution is -1.97. The van der Waals surface area contributed by atoms with E-state index in [0.29, 0.717) is 10.7 Å². The number of pyridine rings is 1. The molecule has 0 bridgehead atoms. The van der Waals surface area contributed by atoms with Crippen molar-refractivity contribution < 1.29 is 9.90 Å². The summed E-state index contributed by atoms with van der Waals surface area (Å²) in [5.74, 6) is -1.03. The molecule has 0 unspecified atom stereocenters. The van der Waals surface area contributed by atoms with Crippen molar-refractivity contribution in [3.63, 3.8) is 0 Å². The molecule has 0 aliphatic carbocycles. The number of carboxylic acid groups (broad SMARTS) is 1. The van der Waals surface area contributed by atoms with Crippen molar-refractivity contribution in [1.82, 2.24) is 4.98 Å². The topological polar surface area (TPSA) is 50.2 Å². The van der Waals surface area contributed by atoms with E-state index in [1.807, 2.05) is 16.8 Å². The Labute approximate surface area is 95.0 Å². The zero-order chi connectivity index (χ0) is 10.8. The molecule has 0 saturated heterocycles. The molecule has 5 heteroatoms. The third kappa shape index (κ3) is 2.00. The molecule has 0 radical (unpaired) electrons. The average Bonchev–Trinajstić information content (AvgIpc) is 2.70. The van der Waals surface area contributed by atoms with Gasteiger partial charge in [0.05, 0.1) is 16.3 Å². The molecule has 2 aromatic rings. The van der Waals surface area contributed by atoms with Gasteiger partial charge in [-0.15, -0.1) is 0 Å². The molecule has 0 aliphatic heterocycles. The largest absolute Gasteiger partial charge is 0.478 e. The molecule has 0 fully saturated rings. The molecule has 15 heavy (non-hydrogen) atoms. The molecule has 0 spiro atoms. The SMILES string of the molecule is O=C(O)c1cnc(-c2ccsc2)c(Cl)c1. The van der Waals surface area contributed by atoms with Crippen molar-refractivity contribution in [3.05, 3.63) is 39.7 Å². The first kappa shape index (κ1) is 10.1. The fraction of sp³-hybridized carbons (Fsp3) is 0. The second-order valence-corrected chi connectivity index (χ2v) is 4.06. The second kappa shape index (κ2) is 4.00. The van der Waals surface area contributed by atoms with Crippen LogP contribution in [-0.2, 0) is 0 Å². The van der Waals surface area contributed by atoms with Crippen molar-refractivity contribution in [1.29, 1.82) is 0 Å². The molecule has 2 aromatic heterocycles. The lowest BCUT2D eigenvalue weighted by Gasteiger charge is -2.01. The van der Waals surface area contributed by atoms with E-state index in [0.717, 1.165) is 5.56 Å². The van der Waals surface area contributed by atoms with Gasteiger partial charge in [-0.25, -0.2) is 4.79 Å². The maximum Gasteiger partial charge on any atom is 0.337 e. The molecule has 3 nitrogen and oxygen atoms in total. The van der Waals surface area contributed by atoms with Crippen LogP contribution in [0.4, 0.5) is 0 Å². The molecule has 0 amide bonds. The van der Waals surface area contributed by atoms with Gasteiger partial charge in [0, 0.05) is 17.1 Å². The lowest BCUT2D eigenvalue weighted by molar-refractivity contribution is 0.0696. The van der Waals surface area contributed by atoms with Crippen LogP contribution >= 0.6 is 22.9 Å². The standard InChI is InChI=1S/C10H6ClNO2S/c11-8-3-7(10(13)14)4-12-9(8)6-1-2-15-5-6/h1-5H,(H,13,14). The summed E-state index contributed by atoms with van der Waals surface area (Å²) >= 11 is 7.48. The van der Waals surface area contributed by atoms with Gasteiger partial charge in [0.1, 0.15) is 0 Å². The Bertz CT molecular complexity index is 496. The van der Waals surface area contributed by atoms with E-state index in [-0.39, 0.29) is 5.56 Å². The lowest BCUT2D eigenvalue weighted by atomic mass is 10.2. The molecule has 0 aliphatic rings. The number of carbonyl (C=O) groups is 1. The number of hydrogen-bond donors (Lipinski definition) is 1. The van der Waals surface area contributed by atoms with E-state index in [4.69, 9.17) is 16.7 Å². The molecule has 0 atom stereocenters. The first-order chi connectivity index (χ1) is 7.18. The number of halogens is 1. The van der Waals surface area contributed by atoms with E-state index < -0.39 is 5.97 Å². The van der Waals surface area contributed by atoms with Crippen molar-refractivity contribution >= 4 is 28.9 Å². The fourth-order valence-corrected chi connectivity index (χ4v) is 2.08. The maximum absolute atomic E-state index is 10.7. The highest BCUT2D eigenvalue weighted by atomic mass is 35.5. The number of aromatic nitrogens is 1. The Morgan fingerprint density at radius 2 is 2.33 bits per heavy atom. The number of thiophene rings is 1. The monoisotopic (exact) mass is 239 g/mol. The fourth-order valence-electron chi connectivity index (χ4n) is 1.17. The number of hydrogen-bond acceptors (Lipinski definition) is 3. The van der Waals surface area contributed by atoms with E-state index >= 15 is 0 Å². The molecular formula is C10H6ClNO2S. The van der Waals surface area contributed by atoms with Gasteiger partial charge in [-0.2, -0.15) is 11.3 Å². The zero-order valence-corrected chi connectivity index (χ0v) is 9.05. The van der Waals surface area contributed by atoms with Gasteiger partial charge in [-0.1, -0.05) is 11.6 Å². The van der Waals surface area contributed by atoms with Crippen LogP contribution in [0.1, 0.15) is 10.4 Å². The van der Waals surface area contributed by atoms with Crippen LogP contribution in [-0.4, -0.2) is 16.1 Å². The highest BCUT2D eigenvalue weighted by molar-refractivity contribution is 7.08. The Balaban J connectivity index is 2.48. The van der Waals surface area contributed by atoms with Gasteiger partial charge in [-0.05, 0) is 17.5 Å². The van der Waals surface area contributed by atoms with Crippen molar-refractivity contribution in [2.45, 2.75) is 0 Å². The highest BCUT2D eigenvalue weighted by Crippen LogP contribution is 2.27. The Hall–Kier alpha value is -1.39. The smallest absolute Gasteiger partial charge is 0.337 e. The first-order valence-corrected chi connectivity index (χ1v) is 5.42. The minimum atomic E-state index is -1.03. The van der Waals surface area contributed by atoms with E-state index in [1.165, 1.54) is 23.6 Å². The van der Waals surface area contributed by atoms with E-state index in [9.17, 15) is 4.79 Å². The van der Waals surface area contributed by atoms with Crippen LogP contribution in [0.25, 0.3) is 11.3 Å². The van der Waals surface area contributed by atoms with Gasteiger partial charge in [0.2, 0.25) is 0 Å². The van der Waals surface area contributed by atoms with Crippen molar-refractivity contribution in [3.8, 4) is 11.3 Å². The zero-order valence-electron chi connectivity index (χ0n) is 7.48. The van der Waals surface area contributed by atoms with Gasteiger partial charge in [0.25, 0.3) is 0 Å². The normalized spacial score (nSPS) is 10.2. The summed E-state index contributed by atoms with van der Waals surface area (Å²) in [5, 5.41) is 12.9. The second-order valence-electron chi connectivity index (χ2n) is 2.87. The van der Waals surface area contributed by atoms with Gasteiger partial charge in [0.15, 0.2) is 0 Å². The van der Waals surface area contributed by atoms with E-state index in [1.54, 1.807) is 0 Å². The Kier molecular flexibility index (Phi) is 2.70. The van der Waals surface area contributed by atoms with Crippen LogP contribution in [0, 0.1) is 0 Å². The first-order valence-electron chi connectivity index (χ1n) is 4.10. The molecule has 0 saturated carbocycles. The Morgan fingerprint density at radius 3 is 2.87 bits per heavy atom. The minimum Gasteiger partial charge on any atom is -0.478 e.